The highest BCUT2D eigenvalue weighted by Gasteiger charge is 2.20. The Balaban J connectivity index is 2.40. The minimum absolute atomic E-state index is 0.218. The molecule has 0 atom stereocenters. The molecule has 0 spiro atoms. The minimum Gasteiger partial charge on any atom is -0.440 e. The van der Waals surface area contributed by atoms with Crippen LogP contribution in [0.3, 0.4) is 0 Å². The Labute approximate surface area is 110 Å². The van der Waals surface area contributed by atoms with E-state index in [1.807, 2.05) is 0 Å². The molecule has 0 bridgehead atoms. The van der Waals surface area contributed by atoms with E-state index in [1.165, 1.54) is 24.6 Å². The van der Waals surface area contributed by atoms with Crippen LogP contribution in [0, 0.1) is 10.1 Å². The van der Waals surface area contributed by atoms with Crippen molar-refractivity contribution in [2.75, 3.05) is 0 Å². The number of rotatable bonds is 4. The molecule has 9 nitrogen and oxygen atoms in total. The minimum atomic E-state index is -0.667. The Bertz CT molecular complexity index is 628. The molecule has 0 aliphatic carbocycles. The van der Waals surface area contributed by atoms with Crippen molar-refractivity contribution in [1.29, 1.82) is 0 Å². The molecule has 10 heteroatoms. The fourth-order valence-electron chi connectivity index (χ4n) is 1.22. The predicted molar refractivity (Wildman–Crippen MR) is 64.0 cm³/mol. The first-order valence-electron chi connectivity index (χ1n) is 4.82. The number of oxazole rings is 1. The molecule has 2 aromatic heterocycles. The van der Waals surface area contributed by atoms with Gasteiger partial charge in [-0.3, -0.25) is 10.1 Å². The topological polar surface area (TPSA) is 141 Å². The van der Waals surface area contributed by atoms with E-state index in [2.05, 4.69) is 15.1 Å². The van der Waals surface area contributed by atoms with Crippen molar-refractivity contribution in [1.82, 2.24) is 9.97 Å². The van der Waals surface area contributed by atoms with Gasteiger partial charge in [-0.2, -0.15) is 0 Å². The van der Waals surface area contributed by atoms with Crippen LogP contribution >= 0.6 is 11.8 Å². The second kappa shape index (κ2) is 5.35. The van der Waals surface area contributed by atoms with E-state index in [1.54, 1.807) is 0 Å². The summed E-state index contributed by atoms with van der Waals surface area (Å²) in [6.45, 7) is 0. The molecule has 0 saturated carbocycles. The maximum atomic E-state index is 10.8. The van der Waals surface area contributed by atoms with Gasteiger partial charge in [-0.05, 0) is 17.8 Å². The molecule has 19 heavy (non-hydrogen) atoms. The molecule has 0 fully saturated rings. The molecule has 2 aromatic rings. The Morgan fingerprint density at radius 3 is 2.95 bits per heavy atom. The van der Waals surface area contributed by atoms with Crippen LogP contribution in [0.2, 0.25) is 0 Å². The van der Waals surface area contributed by atoms with Gasteiger partial charge in [0, 0.05) is 6.07 Å². The third-order valence-electron chi connectivity index (χ3n) is 2.00. The SMILES string of the molecule is N/C(=N/O)c1nc(Sc2ncco2)ccc1[N+](=O)[O-]. The maximum absolute atomic E-state index is 10.8. The summed E-state index contributed by atoms with van der Waals surface area (Å²) in [6, 6.07) is 2.63. The van der Waals surface area contributed by atoms with Crippen LogP contribution in [0.25, 0.3) is 0 Å². The highest BCUT2D eigenvalue weighted by Crippen LogP contribution is 2.27. The number of hydrogen-bond acceptors (Lipinski definition) is 8. The van der Waals surface area contributed by atoms with Gasteiger partial charge in [0.15, 0.2) is 11.5 Å². The summed E-state index contributed by atoms with van der Waals surface area (Å²) in [5, 5.41) is 22.8. The quantitative estimate of drug-likeness (QED) is 0.280. The molecule has 0 saturated heterocycles. The van der Waals surface area contributed by atoms with E-state index >= 15 is 0 Å². The number of pyridine rings is 1. The molecule has 0 aliphatic rings. The Morgan fingerprint density at radius 1 is 1.58 bits per heavy atom. The monoisotopic (exact) mass is 281 g/mol. The van der Waals surface area contributed by atoms with Crippen LogP contribution in [0.15, 0.2) is 44.4 Å². The van der Waals surface area contributed by atoms with Gasteiger partial charge < -0.3 is 15.4 Å². The van der Waals surface area contributed by atoms with E-state index < -0.39 is 10.8 Å². The average Bonchev–Trinajstić information content (AvgIpc) is 2.90. The number of hydrogen-bond donors (Lipinski definition) is 2. The zero-order valence-electron chi connectivity index (χ0n) is 9.26. The van der Waals surface area contributed by atoms with Crippen molar-refractivity contribution in [3.05, 3.63) is 40.4 Å². The Kier molecular flexibility index (Phi) is 3.61. The number of nitrogens with zero attached hydrogens (tertiary/aromatic N) is 4. The molecule has 2 rings (SSSR count). The highest BCUT2D eigenvalue weighted by molar-refractivity contribution is 7.99. The van der Waals surface area contributed by atoms with E-state index in [9.17, 15) is 10.1 Å². The van der Waals surface area contributed by atoms with Crippen LogP contribution in [-0.2, 0) is 0 Å². The molecule has 0 amide bonds. The standard InChI is InChI=1S/C9H7N5O4S/c10-8(13-15)7-5(14(16)17)1-2-6(12-7)19-9-11-3-4-18-9/h1-4,15H,(H2,10,13). The van der Waals surface area contributed by atoms with E-state index in [0.717, 1.165) is 11.8 Å². The van der Waals surface area contributed by atoms with Gasteiger partial charge in [0.05, 0.1) is 11.1 Å². The lowest BCUT2D eigenvalue weighted by atomic mass is 10.3. The number of amidine groups is 1. The summed E-state index contributed by atoms with van der Waals surface area (Å²) in [5.41, 5.74) is 4.79. The fourth-order valence-corrected chi connectivity index (χ4v) is 1.89. The molecular weight excluding hydrogens is 274 g/mol. The Morgan fingerprint density at radius 2 is 2.37 bits per heavy atom. The highest BCUT2D eigenvalue weighted by atomic mass is 32.2. The van der Waals surface area contributed by atoms with E-state index in [0.29, 0.717) is 10.2 Å². The van der Waals surface area contributed by atoms with Crippen LogP contribution in [-0.4, -0.2) is 25.9 Å². The van der Waals surface area contributed by atoms with Gasteiger partial charge in [-0.25, -0.2) is 9.97 Å². The molecule has 0 radical (unpaired) electrons. The molecule has 3 N–H and O–H groups in total. The van der Waals surface area contributed by atoms with Crippen molar-refractivity contribution >= 4 is 23.3 Å². The first-order chi connectivity index (χ1) is 9.11. The summed E-state index contributed by atoms with van der Waals surface area (Å²) in [6.07, 6.45) is 2.84. The van der Waals surface area contributed by atoms with Crippen molar-refractivity contribution in [3.63, 3.8) is 0 Å². The first kappa shape index (κ1) is 12.8. The molecule has 0 aromatic carbocycles. The molecule has 0 aliphatic heterocycles. The predicted octanol–water partition coefficient (Wildman–Crippen LogP) is 1.22. The maximum Gasteiger partial charge on any atom is 0.298 e. The van der Waals surface area contributed by atoms with Crippen LogP contribution in [0.1, 0.15) is 5.69 Å². The summed E-state index contributed by atoms with van der Waals surface area (Å²) < 4.78 is 5.01. The lowest BCUT2D eigenvalue weighted by molar-refractivity contribution is -0.385. The van der Waals surface area contributed by atoms with Gasteiger partial charge in [0.2, 0.25) is 0 Å². The van der Waals surface area contributed by atoms with Crippen molar-refractivity contribution in [2.45, 2.75) is 10.2 Å². The molecule has 98 valence electrons. The summed E-state index contributed by atoms with van der Waals surface area (Å²) in [4.78, 5) is 18.0. The largest absolute Gasteiger partial charge is 0.440 e. The second-order valence-electron chi connectivity index (χ2n) is 3.16. The number of aromatic nitrogens is 2. The lowest BCUT2D eigenvalue weighted by Gasteiger charge is -2.02. The molecule has 0 unspecified atom stereocenters. The molecular formula is C9H7N5O4S. The van der Waals surface area contributed by atoms with Gasteiger partial charge in [-0.1, -0.05) is 5.16 Å². The van der Waals surface area contributed by atoms with Crippen LogP contribution in [0.5, 0.6) is 0 Å². The lowest BCUT2D eigenvalue weighted by Crippen LogP contribution is -2.17. The van der Waals surface area contributed by atoms with Crippen LogP contribution in [0.4, 0.5) is 5.69 Å². The van der Waals surface area contributed by atoms with E-state index in [-0.39, 0.29) is 11.4 Å². The van der Waals surface area contributed by atoms with Gasteiger partial charge >= 0.3 is 0 Å². The smallest absolute Gasteiger partial charge is 0.298 e. The third-order valence-corrected chi connectivity index (χ3v) is 2.81. The summed E-state index contributed by atoms with van der Waals surface area (Å²) in [5.74, 6) is -0.443. The average molecular weight is 281 g/mol. The number of nitrogens with two attached hydrogens (primary N) is 1. The normalized spacial score (nSPS) is 11.5. The second-order valence-corrected chi connectivity index (χ2v) is 4.13. The van der Waals surface area contributed by atoms with Crippen molar-refractivity contribution in [3.8, 4) is 0 Å². The zero-order valence-corrected chi connectivity index (χ0v) is 10.1. The summed E-state index contributed by atoms with van der Waals surface area (Å²) >= 11 is 1.05. The van der Waals surface area contributed by atoms with Crippen molar-refractivity contribution in [2.24, 2.45) is 10.9 Å². The number of nitro groups is 1. The zero-order chi connectivity index (χ0) is 13.8. The van der Waals surface area contributed by atoms with Crippen molar-refractivity contribution < 1.29 is 14.5 Å². The third kappa shape index (κ3) is 2.80. The Hall–Kier alpha value is -2.62. The first-order valence-corrected chi connectivity index (χ1v) is 5.64. The van der Waals surface area contributed by atoms with Gasteiger partial charge in [0.1, 0.15) is 11.3 Å². The van der Waals surface area contributed by atoms with Crippen LogP contribution < -0.4 is 5.73 Å². The fraction of sp³-hybridized carbons (Fsp3) is 0. The number of oxime groups is 1. The molecule has 2 heterocycles. The van der Waals surface area contributed by atoms with Gasteiger partial charge in [-0.15, -0.1) is 0 Å². The van der Waals surface area contributed by atoms with Gasteiger partial charge in [0.25, 0.3) is 10.9 Å². The summed E-state index contributed by atoms with van der Waals surface area (Å²) in [7, 11) is 0. The van der Waals surface area contributed by atoms with E-state index in [4.69, 9.17) is 15.4 Å².